The number of methoxy groups -OCH3 is 1. The number of hydrogen-bond acceptors (Lipinski definition) is 4. The highest BCUT2D eigenvalue weighted by Crippen LogP contribution is 2.25. The van der Waals surface area contributed by atoms with Gasteiger partial charge in [0.2, 0.25) is 0 Å². The van der Waals surface area contributed by atoms with Crippen LogP contribution in [-0.4, -0.2) is 13.7 Å². The van der Waals surface area contributed by atoms with Crippen molar-refractivity contribution in [2.45, 2.75) is 33.2 Å². The third kappa shape index (κ3) is 4.80. The largest absolute Gasteiger partial charge is 0.497 e. The number of hydrogen-bond donors (Lipinski definition) is 1. The van der Waals surface area contributed by atoms with E-state index in [0.29, 0.717) is 13.2 Å². The van der Waals surface area contributed by atoms with Crippen molar-refractivity contribution < 1.29 is 9.47 Å². The molecule has 0 bridgehead atoms. The molecule has 19 heavy (non-hydrogen) atoms. The number of rotatable bonds is 7. The lowest BCUT2D eigenvalue weighted by Gasteiger charge is -2.16. The van der Waals surface area contributed by atoms with Crippen LogP contribution in [0.5, 0.6) is 11.5 Å². The molecule has 0 aliphatic rings. The fourth-order valence-corrected chi connectivity index (χ4v) is 1.74. The third-order valence-corrected chi connectivity index (χ3v) is 2.99. The van der Waals surface area contributed by atoms with Crippen LogP contribution in [0.4, 0.5) is 0 Å². The summed E-state index contributed by atoms with van der Waals surface area (Å²) in [6.45, 7) is 4.87. The summed E-state index contributed by atoms with van der Waals surface area (Å²) in [5.41, 5.74) is 6.33. The van der Waals surface area contributed by atoms with Crippen LogP contribution in [0.3, 0.4) is 0 Å². The van der Waals surface area contributed by atoms with Gasteiger partial charge in [0.15, 0.2) is 0 Å². The topological polar surface area (TPSA) is 68.3 Å². The molecule has 1 rings (SSSR count). The third-order valence-electron chi connectivity index (χ3n) is 2.99. The van der Waals surface area contributed by atoms with Gasteiger partial charge in [0.1, 0.15) is 11.5 Å². The molecule has 0 heterocycles. The summed E-state index contributed by atoms with van der Waals surface area (Å²) in [5, 5.41) is 8.93. The first-order valence-electron chi connectivity index (χ1n) is 6.43. The Morgan fingerprint density at radius 1 is 1.37 bits per heavy atom. The second-order valence-electron chi connectivity index (χ2n) is 5.13. The van der Waals surface area contributed by atoms with E-state index in [1.807, 2.05) is 32.0 Å². The Labute approximate surface area is 115 Å². The van der Waals surface area contributed by atoms with Crippen molar-refractivity contribution in [3.63, 3.8) is 0 Å². The molecular weight excluding hydrogens is 240 g/mol. The SMILES string of the molecule is COc1ccc(OCCCC(C)(C)C#N)c(CN)c1. The van der Waals surface area contributed by atoms with Crippen LogP contribution in [0.2, 0.25) is 0 Å². The van der Waals surface area contributed by atoms with Crippen molar-refractivity contribution >= 4 is 0 Å². The molecule has 0 spiro atoms. The maximum Gasteiger partial charge on any atom is 0.124 e. The minimum atomic E-state index is -0.292. The van der Waals surface area contributed by atoms with E-state index < -0.39 is 0 Å². The number of nitriles is 1. The second-order valence-corrected chi connectivity index (χ2v) is 5.13. The van der Waals surface area contributed by atoms with Gasteiger partial charge in [0.05, 0.1) is 25.2 Å². The zero-order chi connectivity index (χ0) is 14.3. The Morgan fingerprint density at radius 3 is 2.68 bits per heavy atom. The highest BCUT2D eigenvalue weighted by Gasteiger charge is 2.15. The molecule has 1 aromatic carbocycles. The molecule has 0 saturated carbocycles. The molecular formula is C15H22N2O2. The van der Waals surface area contributed by atoms with Crippen molar-refractivity contribution in [3.05, 3.63) is 23.8 Å². The highest BCUT2D eigenvalue weighted by atomic mass is 16.5. The fourth-order valence-electron chi connectivity index (χ4n) is 1.74. The van der Waals surface area contributed by atoms with Gasteiger partial charge in [0.25, 0.3) is 0 Å². The molecule has 0 amide bonds. The second kappa shape index (κ2) is 7.01. The van der Waals surface area contributed by atoms with Crippen LogP contribution < -0.4 is 15.2 Å². The summed E-state index contributed by atoms with van der Waals surface area (Å²) in [6.07, 6.45) is 1.66. The van der Waals surface area contributed by atoms with Gasteiger partial charge in [-0.25, -0.2) is 0 Å². The van der Waals surface area contributed by atoms with Crippen LogP contribution in [-0.2, 0) is 6.54 Å². The smallest absolute Gasteiger partial charge is 0.124 e. The molecule has 2 N–H and O–H groups in total. The molecule has 0 atom stereocenters. The van der Waals surface area contributed by atoms with Gasteiger partial charge < -0.3 is 15.2 Å². The normalized spacial score (nSPS) is 10.9. The van der Waals surface area contributed by atoms with Crippen LogP contribution >= 0.6 is 0 Å². The van der Waals surface area contributed by atoms with Crippen LogP contribution in [0.15, 0.2) is 18.2 Å². The maximum atomic E-state index is 8.93. The Hall–Kier alpha value is -1.73. The van der Waals surface area contributed by atoms with E-state index in [4.69, 9.17) is 20.5 Å². The molecule has 0 aliphatic carbocycles. The number of benzene rings is 1. The molecule has 0 fully saturated rings. The van der Waals surface area contributed by atoms with E-state index in [-0.39, 0.29) is 5.41 Å². The highest BCUT2D eigenvalue weighted by molar-refractivity contribution is 5.40. The Balaban J connectivity index is 2.52. The lowest BCUT2D eigenvalue weighted by atomic mass is 9.90. The van der Waals surface area contributed by atoms with Gasteiger partial charge in [-0.3, -0.25) is 0 Å². The molecule has 104 valence electrons. The first-order valence-corrected chi connectivity index (χ1v) is 6.43. The molecule has 1 aromatic rings. The van der Waals surface area contributed by atoms with Gasteiger partial charge in [-0.05, 0) is 44.9 Å². The molecule has 4 nitrogen and oxygen atoms in total. The number of nitrogens with two attached hydrogens (primary N) is 1. The van der Waals surface area contributed by atoms with E-state index >= 15 is 0 Å². The quantitative estimate of drug-likeness (QED) is 0.767. The van der Waals surface area contributed by atoms with E-state index in [0.717, 1.165) is 29.9 Å². The van der Waals surface area contributed by atoms with E-state index in [1.54, 1.807) is 7.11 Å². The number of ether oxygens (including phenoxy) is 2. The van der Waals surface area contributed by atoms with Gasteiger partial charge in [-0.2, -0.15) is 5.26 Å². The first kappa shape index (κ1) is 15.3. The number of nitrogens with zero attached hydrogens (tertiary/aromatic N) is 1. The van der Waals surface area contributed by atoms with Gasteiger partial charge in [-0.15, -0.1) is 0 Å². The van der Waals surface area contributed by atoms with Crippen molar-refractivity contribution in [1.29, 1.82) is 5.26 Å². The van der Waals surface area contributed by atoms with Crippen LogP contribution in [0.25, 0.3) is 0 Å². The van der Waals surface area contributed by atoms with Crippen molar-refractivity contribution in [2.24, 2.45) is 11.1 Å². The zero-order valence-corrected chi connectivity index (χ0v) is 11.9. The lowest BCUT2D eigenvalue weighted by Crippen LogP contribution is -2.11. The van der Waals surface area contributed by atoms with E-state index in [1.165, 1.54) is 0 Å². The summed E-state index contributed by atoms with van der Waals surface area (Å²) in [4.78, 5) is 0. The predicted octanol–water partition coefficient (Wildman–Crippen LogP) is 2.86. The lowest BCUT2D eigenvalue weighted by molar-refractivity contribution is 0.281. The van der Waals surface area contributed by atoms with Crippen LogP contribution in [0, 0.1) is 16.7 Å². The monoisotopic (exact) mass is 262 g/mol. The molecule has 0 unspecified atom stereocenters. The van der Waals surface area contributed by atoms with E-state index in [2.05, 4.69) is 6.07 Å². The average Bonchev–Trinajstić information content (AvgIpc) is 2.43. The minimum absolute atomic E-state index is 0.292. The fraction of sp³-hybridized carbons (Fsp3) is 0.533. The van der Waals surface area contributed by atoms with Crippen molar-refractivity contribution in [3.8, 4) is 17.6 Å². The summed E-state index contributed by atoms with van der Waals surface area (Å²) in [6, 6.07) is 7.90. The summed E-state index contributed by atoms with van der Waals surface area (Å²) < 4.78 is 10.9. The molecule has 0 saturated heterocycles. The Kier molecular flexibility index (Phi) is 5.65. The van der Waals surface area contributed by atoms with Gasteiger partial charge in [0, 0.05) is 12.1 Å². The summed E-state index contributed by atoms with van der Waals surface area (Å²) in [5.74, 6) is 1.57. The van der Waals surface area contributed by atoms with Crippen LogP contribution in [0.1, 0.15) is 32.3 Å². The summed E-state index contributed by atoms with van der Waals surface area (Å²) >= 11 is 0. The average molecular weight is 262 g/mol. The summed E-state index contributed by atoms with van der Waals surface area (Å²) in [7, 11) is 1.63. The van der Waals surface area contributed by atoms with Crippen molar-refractivity contribution in [1.82, 2.24) is 0 Å². The standard InChI is InChI=1S/C15H22N2O2/c1-15(2,11-17)7-4-8-19-14-6-5-13(18-3)9-12(14)10-16/h5-6,9H,4,7-8,10,16H2,1-3H3. The maximum absolute atomic E-state index is 8.93. The minimum Gasteiger partial charge on any atom is -0.497 e. The van der Waals surface area contributed by atoms with Crippen molar-refractivity contribution in [2.75, 3.05) is 13.7 Å². The first-order chi connectivity index (χ1) is 9.02. The zero-order valence-electron chi connectivity index (χ0n) is 11.9. The molecule has 0 aliphatic heterocycles. The van der Waals surface area contributed by atoms with E-state index in [9.17, 15) is 0 Å². The predicted molar refractivity (Wildman–Crippen MR) is 75.0 cm³/mol. The Bertz CT molecular complexity index is 450. The molecule has 0 radical (unpaired) electrons. The van der Waals surface area contributed by atoms with Gasteiger partial charge >= 0.3 is 0 Å². The molecule has 4 heteroatoms. The van der Waals surface area contributed by atoms with Gasteiger partial charge in [-0.1, -0.05) is 0 Å². The molecule has 0 aromatic heterocycles. The Morgan fingerprint density at radius 2 is 2.11 bits per heavy atom.